The highest BCUT2D eigenvalue weighted by molar-refractivity contribution is 7.80. The summed E-state index contributed by atoms with van der Waals surface area (Å²) in [7, 11) is 0. The van der Waals surface area contributed by atoms with Crippen LogP contribution in [0.1, 0.15) is 0 Å². The molecule has 0 saturated heterocycles. The van der Waals surface area contributed by atoms with E-state index < -0.39 is 0 Å². The largest absolute Gasteiger partial charge is 0.206 e. The van der Waals surface area contributed by atoms with E-state index in [1.54, 1.807) is 6.07 Å². The van der Waals surface area contributed by atoms with Crippen molar-refractivity contribution in [2.75, 3.05) is 0 Å². The van der Waals surface area contributed by atoms with E-state index in [9.17, 15) is 4.39 Å². The SMILES string of the molecule is Fc1cc2ccccc2cc1S. The van der Waals surface area contributed by atoms with Gasteiger partial charge in [0.1, 0.15) is 5.82 Å². The molecule has 0 unspecified atom stereocenters. The second kappa shape index (κ2) is 2.79. The summed E-state index contributed by atoms with van der Waals surface area (Å²) in [5.41, 5.74) is 0. The summed E-state index contributed by atoms with van der Waals surface area (Å²) in [6.07, 6.45) is 0. The fourth-order valence-electron chi connectivity index (χ4n) is 1.20. The van der Waals surface area contributed by atoms with Crippen molar-refractivity contribution in [1.82, 2.24) is 0 Å². The molecule has 12 heavy (non-hydrogen) atoms. The highest BCUT2D eigenvalue weighted by Gasteiger charge is 1.99. The Bertz CT molecular complexity index is 383. The van der Waals surface area contributed by atoms with Crippen LogP contribution in [0.5, 0.6) is 0 Å². The predicted molar refractivity (Wildman–Crippen MR) is 51.2 cm³/mol. The average Bonchev–Trinajstić information content (AvgIpc) is 2.07. The Balaban J connectivity index is 2.84. The molecule has 0 bridgehead atoms. The zero-order valence-corrected chi connectivity index (χ0v) is 7.18. The van der Waals surface area contributed by atoms with Crippen LogP contribution >= 0.6 is 12.6 Å². The topological polar surface area (TPSA) is 0 Å². The molecule has 60 valence electrons. The molecule has 0 atom stereocenters. The molecule has 0 radical (unpaired) electrons. The van der Waals surface area contributed by atoms with Gasteiger partial charge >= 0.3 is 0 Å². The highest BCUT2D eigenvalue weighted by Crippen LogP contribution is 2.20. The van der Waals surface area contributed by atoms with Crippen LogP contribution in [0.15, 0.2) is 41.3 Å². The third-order valence-corrected chi connectivity index (χ3v) is 2.16. The van der Waals surface area contributed by atoms with E-state index in [1.165, 1.54) is 6.07 Å². The molecule has 0 aliphatic rings. The zero-order chi connectivity index (χ0) is 8.55. The van der Waals surface area contributed by atoms with Crippen LogP contribution in [0.25, 0.3) is 10.8 Å². The fourth-order valence-corrected chi connectivity index (χ4v) is 1.40. The van der Waals surface area contributed by atoms with Gasteiger partial charge < -0.3 is 0 Å². The van der Waals surface area contributed by atoms with E-state index in [-0.39, 0.29) is 5.82 Å². The van der Waals surface area contributed by atoms with Crippen LogP contribution in [0.2, 0.25) is 0 Å². The number of thiol groups is 1. The van der Waals surface area contributed by atoms with Gasteiger partial charge in [-0.2, -0.15) is 0 Å². The molecule has 0 fully saturated rings. The lowest BCUT2D eigenvalue weighted by molar-refractivity contribution is 0.605. The summed E-state index contributed by atoms with van der Waals surface area (Å²) in [5.74, 6) is -0.267. The first-order valence-corrected chi connectivity index (χ1v) is 4.09. The van der Waals surface area contributed by atoms with Crippen molar-refractivity contribution in [3.63, 3.8) is 0 Å². The van der Waals surface area contributed by atoms with Crippen LogP contribution in [0, 0.1) is 5.82 Å². The second-order valence-electron chi connectivity index (χ2n) is 2.65. The van der Waals surface area contributed by atoms with Crippen molar-refractivity contribution in [2.24, 2.45) is 0 Å². The molecule has 0 amide bonds. The van der Waals surface area contributed by atoms with Gasteiger partial charge in [0.15, 0.2) is 0 Å². The number of benzene rings is 2. The van der Waals surface area contributed by atoms with Gasteiger partial charge in [-0.3, -0.25) is 0 Å². The molecule has 2 heteroatoms. The molecule has 2 rings (SSSR count). The third-order valence-electron chi connectivity index (χ3n) is 1.82. The predicted octanol–water partition coefficient (Wildman–Crippen LogP) is 3.27. The van der Waals surface area contributed by atoms with Crippen LogP contribution in [-0.4, -0.2) is 0 Å². The minimum absolute atomic E-state index is 0.267. The van der Waals surface area contributed by atoms with E-state index in [2.05, 4.69) is 12.6 Å². The lowest BCUT2D eigenvalue weighted by atomic mass is 10.1. The molecule has 2 aromatic carbocycles. The second-order valence-corrected chi connectivity index (χ2v) is 3.13. The summed E-state index contributed by atoms with van der Waals surface area (Å²) >= 11 is 4.00. The van der Waals surface area contributed by atoms with Gasteiger partial charge in [0.25, 0.3) is 0 Å². The minimum atomic E-state index is -0.267. The maximum Gasteiger partial charge on any atom is 0.137 e. The summed E-state index contributed by atoms with van der Waals surface area (Å²) < 4.78 is 13.0. The third kappa shape index (κ3) is 1.18. The fraction of sp³-hybridized carbons (Fsp3) is 0. The van der Waals surface area contributed by atoms with E-state index in [0.29, 0.717) is 4.90 Å². The number of rotatable bonds is 0. The molecule has 0 aliphatic heterocycles. The van der Waals surface area contributed by atoms with E-state index in [1.807, 2.05) is 24.3 Å². The Kier molecular flexibility index (Phi) is 1.77. The quantitative estimate of drug-likeness (QED) is 0.588. The lowest BCUT2D eigenvalue weighted by Gasteiger charge is -1.99. The van der Waals surface area contributed by atoms with Crippen molar-refractivity contribution >= 4 is 23.4 Å². The first-order chi connectivity index (χ1) is 5.77. The zero-order valence-electron chi connectivity index (χ0n) is 6.29. The smallest absolute Gasteiger partial charge is 0.137 e. The van der Waals surface area contributed by atoms with Crippen molar-refractivity contribution < 1.29 is 4.39 Å². The van der Waals surface area contributed by atoms with Crippen LogP contribution < -0.4 is 0 Å². The summed E-state index contributed by atoms with van der Waals surface area (Å²) in [5, 5.41) is 1.93. The molecule has 2 aromatic rings. The highest BCUT2D eigenvalue weighted by atomic mass is 32.1. The minimum Gasteiger partial charge on any atom is -0.206 e. The van der Waals surface area contributed by atoms with Gasteiger partial charge in [-0.25, -0.2) is 4.39 Å². The standard InChI is InChI=1S/C10H7FS/c11-9-5-7-3-1-2-4-8(7)6-10(9)12/h1-6,12H. The molecule has 0 heterocycles. The van der Waals surface area contributed by atoms with Gasteiger partial charge in [-0.05, 0) is 22.9 Å². The summed E-state index contributed by atoms with van der Waals surface area (Å²) in [6, 6.07) is 10.9. The molecular formula is C10H7FS. The van der Waals surface area contributed by atoms with Crippen LogP contribution in [0.4, 0.5) is 4.39 Å². The Morgan fingerprint density at radius 1 is 1.00 bits per heavy atom. The van der Waals surface area contributed by atoms with Crippen molar-refractivity contribution in [2.45, 2.75) is 4.90 Å². The Morgan fingerprint density at radius 2 is 1.58 bits per heavy atom. The first-order valence-electron chi connectivity index (χ1n) is 3.64. The molecule has 0 nitrogen and oxygen atoms in total. The first kappa shape index (κ1) is 7.62. The van der Waals surface area contributed by atoms with E-state index >= 15 is 0 Å². The number of halogens is 1. The van der Waals surface area contributed by atoms with Gasteiger partial charge in [-0.1, -0.05) is 24.3 Å². The number of fused-ring (bicyclic) bond motifs is 1. The summed E-state index contributed by atoms with van der Waals surface area (Å²) in [6.45, 7) is 0. The monoisotopic (exact) mass is 178 g/mol. The van der Waals surface area contributed by atoms with E-state index in [4.69, 9.17) is 0 Å². The van der Waals surface area contributed by atoms with Crippen LogP contribution in [0.3, 0.4) is 0 Å². The molecule has 0 aromatic heterocycles. The van der Waals surface area contributed by atoms with E-state index in [0.717, 1.165) is 10.8 Å². The van der Waals surface area contributed by atoms with Gasteiger partial charge in [0, 0.05) is 4.90 Å². The number of hydrogen-bond donors (Lipinski definition) is 1. The average molecular weight is 178 g/mol. The van der Waals surface area contributed by atoms with Crippen molar-refractivity contribution in [1.29, 1.82) is 0 Å². The van der Waals surface area contributed by atoms with Crippen LogP contribution in [-0.2, 0) is 0 Å². The summed E-state index contributed by atoms with van der Waals surface area (Å²) in [4.78, 5) is 0.397. The van der Waals surface area contributed by atoms with Crippen molar-refractivity contribution in [3.05, 3.63) is 42.2 Å². The molecule has 0 spiro atoms. The van der Waals surface area contributed by atoms with Gasteiger partial charge in [-0.15, -0.1) is 12.6 Å². The maximum absolute atomic E-state index is 13.0. The molecular weight excluding hydrogens is 171 g/mol. The molecule has 0 aliphatic carbocycles. The normalized spacial score (nSPS) is 10.5. The van der Waals surface area contributed by atoms with Crippen molar-refractivity contribution in [3.8, 4) is 0 Å². The Morgan fingerprint density at radius 3 is 2.25 bits per heavy atom. The number of hydrogen-bond acceptors (Lipinski definition) is 1. The molecule has 0 N–H and O–H groups in total. The maximum atomic E-state index is 13.0. The Hall–Kier alpha value is -1.02. The molecule has 0 saturated carbocycles. The Labute approximate surface area is 75.4 Å². The van der Waals surface area contributed by atoms with Gasteiger partial charge in [0.2, 0.25) is 0 Å². The van der Waals surface area contributed by atoms with Gasteiger partial charge in [0.05, 0.1) is 0 Å². The lowest BCUT2D eigenvalue weighted by Crippen LogP contribution is -1.78.